The van der Waals surface area contributed by atoms with Crippen LogP contribution in [0.15, 0.2) is 46.4 Å². The molecule has 1 unspecified atom stereocenters. The molecule has 1 aliphatic heterocycles. The highest BCUT2D eigenvalue weighted by Gasteiger charge is 2.28. The summed E-state index contributed by atoms with van der Waals surface area (Å²) < 4.78 is 6.56. The molecule has 4 aromatic rings. The number of hydrogen-bond donors (Lipinski definition) is 1. The molecule has 148 valence electrons. The second-order valence-electron chi connectivity index (χ2n) is 7.26. The van der Waals surface area contributed by atoms with Gasteiger partial charge in [0.25, 0.3) is 0 Å². The second kappa shape index (κ2) is 7.61. The molecule has 3 aromatic heterocycles. The van der Waals surface area contributed by atoms with Gasteiger partial charge >= 0.3 is 0 Å². The highest BCUT2D eigenvalue weighted by Crippen LogP contribution is 2.32. The maximum Gasteiger partial charge on any atom is 0.231 e. The van der Waals surface area contributed by atoms with Gasteiger partial charge in [0, 0.05) is 18.5 Å². The fourth-order valence-electron chi connectivity index (χ4n) is 3.60. The van der Waals surface area contributed by atoms with Crippen molar-refractivity contribution >= 4 is 49.1 Å². The van der Waals surface area contributed by atoms with Crippen molar-refractivity contribution < 1.29 is 9.21 Å². The van der Waals surface area contributed by atoms with E-state index in [9.17, 15) is 4.79 Å². The Hall–Kier alpha value is -2.71. The van der Waals surface area contributed by atoms with Crippen LogP contribution in [0.5, 0.6) is 0 Å². The van der Waals surface area contributed by atoms with E-state index in [-0.39, 0.29) is 11.8 Å². The molecule has 1 saturated heterocycles. The van der Waals surface area contributed by atoms with Crippen molar-refractivity contribution in [3.63, 3.8) is 0 Å². The molecule has 1 fully saturated rings. The largest absolute Gasteiger partial charge is 0.463 e. The maximum atomic E-state index is 12.8. The first-order valence-corrected chi connectivity index (χ1v) is 11.3. The number of aromatic nitrogens is 2. The molecule has 0 spiro atoms. The Kier molecular flexibility index (Phi) is 4.81. The van der Waals surface area contributed by atoms with Crippen LogP contribution < -0.4 is 10.2 Å². The van der Waals surface area contributed by atoms with Crippen LogP contribution in [-0.2, 0) is 4.79 Å². The predicted molar refractivity (Wildman–Crippen MR) is 118 cm³/mol. The number of nitrogens with one attached hydrogen (secondary N) is 1. The van der Waals surface area contributed by atoms with Gasteiger partial charge < -0.3 is 14.6 Å². The fourth-order valence-corrected chi connectivity index (χ4v) is 5.40. The third-order valence-electron chi connectivity index (χ3n) is 5.10. The average molecular weight is 425 g/mol. The van der Waals surface area contributed by atoms with Crippen molar-refractivity contribution in [1.82, 2.24) is 9.97 Å². The van der Waals surface area contributed by atoms with Gasteiger partial charge in [-0.25, -0.2) is 9.97 Å². The Morgan fingerprint density at radius 1 is 1.31 bits per heavy atom. The van der Waals surface area contributed by atoms with E-state index in [0.717, 1.165) is 35.7 Å². The van der Waals surface area contributed by atoms with Crippen LogP contribution in [0.4, 0.5) is 10.3 Å². The molecule has 1 aliphatic rings. The molecule has 29 heavy (non-hydrogen) atoms. The van der Waals surface area contributed by atoms with Gasteiger partial charge in [0.2, 0.25) is 5.91 Å². The molecular weight excluding hydrogens is 404 g/mol. The van der Waals surface area contributed by atoms with E-state index < -0.39 is 0 Å². The number of aryl methyl sites for hydroxylation is 1. The van der Waals surface area contributed by atoms with Gasteiger partial charge in [-0.1, -0.05) is 17.4 Å². The van der Waals surface area contributed by atoms with Crippen LogP contribution >= 0.6 is 22.7 Å². The third kappa shape index (κ3) is 3.77. The van der Waals surface area contributed by atoms with Gasteiger partial charge in [0.15, 0.2) is 16.0 Å². The zero-order valence-corrected chi connectivity index (χ0v) is 17.6. The number of nitrogens with zero attached hydrogens (tertiary/aromatic N) is 3. The van der Waals surface area contributed by atoms with Crippen LogP contribution in [0.25, 0.3) is 21.7 Å². The molecule has 4 heterocycles. The van der Waals surface area contributed by atoms with Crippen molar-refractivity contribution in [3.05, 3.63) is 47.5 Å². The third-order valence-corrected chi connectivity index (χ3v) is 6.94. The summed E-state index contributed by atoms with van der Waals surface area (Å²) in [6.07, 6.45) is 3.47. The molecule has 5 rings (SSSR count). The quantitative estimate of drug-likeness (QED) is 0.489. The molecule has 1 amide bonds. The summed E-state index contributed by atoms with van der Waals surface area (Å²) in [6, 6.07) is 10.0. The number of furan rings is 1. The number of hydrogen-bond acceptors (Lipinski definition) is 7. The summed E-state index contributed by atoms with van der Waals surface area (Å²) in [5, 5.41) is 6.48. The van der Waals surface area contributed by atoms with Gasteiger partial charge in [-0.2, -0.15) is 0 Å². The van der Waals surface area contributed by atoms with Gasteiger partial charge in [0.1, 0.15) is 5.69 Å². The predicted octanol–water partition coefficient (Wildman–Crippen LogP) is 5.18. The lowest BCUT2D eigenvalue weighted by Gasteiger charge is -2.31. The number of thiazole rings is 2. The molecule has 1 N–H and O–H groups in total. The van der Waals surface area contributed by atoms with Crippen molar-refractivity contribution in [3.8, 4) is 11.5 Å². The number of fused-ring (bicyclic) bond motifs is 1. The number of benzene rings is 1. The number of carbonyl (C=O) groups is 1. The van der Waals surface area contributed by atoms with Gasteiger partial charge in [-0.15, -0.1) is 11.3 Å². The molecular formula is C21H20N4O2S2. The zero-order valence-electron chi connectivity index (χ0n) is 15.9. The highest BCUT2D eigenvalue weighted by atomic mass is 32.1. The lowest BCUT2D eigenvalue weighted by molar-refractivity contribution is -0.120. The normalized spacial score (nSPS) is 17.0. The minimum absolute atomic E-state index is 0.0204. The first-order valence-electron chi connectivity index (χ1n) is 9.58. The van der Waals surface area contributed by atoms with E-state index in [0.29, 0.717) is 17.4 Å². The lowest BCUT2D eigenvalue weighted by atomic mass is 9.97. The van der Waals surface area contributed by atoms with E-state index in [1.807, 2.05) is 17.5 Å². The Morgan fingerprint density at radius 3 is 3.10 bits per heavy atom. The van der Waals surface area contributed by atoms with Crippen LogP contribution in [0.3, 0.4) is 0 Å². The average Bonchev–Trinajstić information content (AvgIpc) is 3.48. The number of carbonyl (C=O) groups excluding carboxylic acids is 1. The monoisotopic (exact) mass is 424 g/mol. The Morgan fingerprint density at radius 2 is 2.24 bits per heavy atom. The van der Waals surface area contributed by atoms with Crippen molar-refractivity contribution in [2.24, 2.45) is 5.92 Å². The molecule has 0 aliphatic carbocycles. The number of piperidine rings is 1. The minimum atomic E-state index is -0.0755. The molecule has 0 bridgehead atoms. The summed E-state index contributed by atoms with van der Waals surface area (Å²) in [7, 11) is 0. The summed E-state index contributed by atoms with van der Waals surface area (Å²) in [6.45, 7) is 3.71. The van der Waals surface area contributed by atoms with Crippen molar-refractivity contribution in [2.75, 3.05) is 23.3 Å². The number of amides is 1. The summed E-state index contributed by atoms with van der Waals surface area (Å²) >= 11 is 3.11. The van der Waals surface area contributed by atoms with E-state index in [4.69, 9.17) is 9.40 Å². The van der Waals surface area contributed by atoms with Crippen LogP contribution in [0, 0.1) is 12.8 Å². The molecule has 0 radical (unpaired) electrons. The molecule has 0 saturated carbocycles. The number of anilines is 2. The molecule has 1 aromatic carbocycles. The molecule has 6 nitrogen and oxygen atoms in total. The van der Waals surface area contributed by atoms with Crippen LogP contribution in [-0.4, -0.2) is 29.0 Å². The van der Waals surface area contributed by atoms with Crippen LogP contribution in [0.2, 0.25) is 0 Å². The summed E-state index contributed by atoms with van der Waals surface area (Å²) in [5.74, 6) is 0.650. The number of rotatable bonds is 4. The van der Waals surface area contributed by atoms with E-state index in [2.05, 4.69) is 40.3 Å². The summed E-state index contributed by atoms with van der Waals surface area (Å²) in [4.78, 5) is 24.3. The van der Waals surface area contributed by atoms with E-state index >= 15 is 0 Å². The van der Waals surface area contributed by atoms with Gasteiger partial charge in [-0.3, -0.25) is 4.79 Å². The SMILES string of the molecule is Cc1ccc2nc(N3CCCC(C(=O)Nc4nc(-c5ccco5)cs4)C3)sc2c1. The molecule has 8 heteroatoms. The van der Waals surface area contributed by atoms with Crippen molar-refractivity contribution in [2.45, 2.75) is 19.8 Å². The fraction of sp³-hybridized carbons (Fsp3) is 0.286. The second-order valence-corrected chi connectivity index (χ2v) is 9.12. The smallest absolute Gasteiger partial charge is 0.231 e. The standard InChI is InChI=1S/C21H20N4O2S2/c1-13-6-7-15-18(10-13)29-21(23-15)25-8-2-4-14(11-25)19(26)24-20-22-16(12-28-20)17-5-3-9-27-17/h3,5-7,9-10,12,14H,2,4,8,11H2,1H3,(H,22,24,26). The molecule has 1 atom stereocenters. The van der Waals surface area contributed by atoms with E-state index in [1.165, 1.54) is 21.6 Å². The van der Waals surface area contributed by atoms with Gasteiger partial charge in [-0.05, 0) is 49.6 Å². The maximum absolute atomic E-state index is 12.8. The lowest BCUT2D eigenvalue weighted by Crippen LogP contribution is -2.40. The Labute approximate surface area is 176 Å². The van der Waals surface area contributed by atoms with Crippen LogP contribution in [0.1, 0.15) is 18.4 Å². The first-order chi connectivity index (χ1) is 14.2. The highest BCUT2D eigenvalue weighted by molar-refractivity contribution is 7.22. The first kappa shape index (κ1) is 18.3. The zero-order chi connectivity index (χ0) is 19.8. The minimum Gasteiger partial charge on any atom is -0.463 e. The Bertz CT molecular complexity index is 1150. The van der Waals surface area contributed by atoms with E-state index in [1.54, 1.807) is 17.6 Å². The Balaban J connectivity index is 1.28. The van der Waals surface area contributed by atoms with Gasteiger partial charge in [0.05, 0.1) is 22.4 Å². The van der Waals surface area contributed by atoms with Crippen molar-refractivity contribution in [1.29, 1.82) is 0 Å². The summed E-state index contributed by atoms with van der Waals surface area (Å²) in [5.41, 5.74) is 3.00. The topological polar surface area (TPSA) is 71.3 Å².